The van der Waals surface area contributed by atoms with Gasteiger partial charge in [-0.15, -0.1) is 0 Å². The lowest BCUT2D eigenvalue weighted by atomic mass is 10.2. The zero-order valence-electron chi connectivity index (χ0n) is 17.8. The molecule has 1 amide bonds. The first-order chi connectivity index (χ1) is 15.7. The molecule has 0 aliphatic heterocycles. The predicted octanol–water partition coefficient (Wildman–Crippen LogP) is 4.15. The molecule has 3 N–H and O–H groups in total. The number of carbonyl (C=O) groups is 1. The lowest BCUT2D eigenvalue weighted by Gasteiger charge is -2.06. The summed E-state index contributed by atoms with van der Waals surface area (Å²) < 4.78 is 10.2. The number of anilines is 3. The molecule has 0 radical (unpaired) electrons. The van der Waals surface area contributed by atoms with Crippen molar-refractivity contribution in [1.82, 2.24) is 20.2 Å². The minimum absolute atomic E-state index is 0.134. The number of nitrogens with one attached hydrogen (secondary N) is 3. The highest BCUT2D eigenvalue weighted by Crippen LogP contribution is 2.30. The second kappa shape index (κ2) is 9.78. The van der Waals surface area contributed by atoms with E-state index < -0.39 is 0 Å². The fraction of sp³-hybridized carbons (Fsp3) is 0.217. The van der Waals surface area contributed by atoms with Crippen LogP contribution >= 0.6 is 0 Å². The third-order valence-electron chi connectivity index (χ3n) is 4.91. The summed E-state index contributed by atoms with van der Waals surface area (Å²) in [7, 11) is 3.20. The van der Waals surface area contributed by atoms with Gasteiger partial charge in [-0.25, -0.2) is 9.97 Å². The van der Waals surface area contributed by atoms with E-state index in [4.69, 9.17) is 9.47 Å². The molecule has 9 nitrogen and oxygen atoms in total. The number of amides is 1. The Morgan fingerprint density at radius 3 is 2.53 bits per heavy atom. The molecule has 0 atom stereocenters. The normalized spacial score (nSPS) is 12.4. The Labute approximate surface area is 185 Å². The summed E-state index contributed by atoms with van der Waals surface area (Å²) in [5, 5.41) is 14.2. The summed E-state index contributed by atoms with van der Waals surface area (Å²) in [5.74, 6) is 3.05. The van der Waals surface area contributed by atoms with Gasteiger partial charge in [0.2, 0.25) is 5.91 Å². The van der Waals surface area contributed by atoms with Crippen LogP contribution in [0, 0.1) is 5.92 Å². The molecule has 1 aliphatic carbocycles. The lowest BCUT2D eigenvalue weighted by molar-refractivity contribution is -0.117. The van der Waals surface area contributed by atoms with E-state index >= 15 is 0 Å². The number of aromatic amines is 1. The van der Waals surface area contributed by atoms with Gasteiger partial charge in [0.15, 0.2) is 17.4 Å². The zero-order chi connectivity index (χ0) is 22.3. The molecular formula is C23H24N6O3. The van der Waals surface area contributed by atoms with Gasteiger partial charge in [0.05, 0.1) is 25.9 Å². The second-order valence-corrected chi connectivity index (χ2v) is 7.17. The summed E-state index contributed by atoms with van der Waals surface area (Å²) in [6, 6.07) is 15.2. The van der Waals surface area contributed by atoms with Crippen molar-refractivity contribution in [2.75, 3.05) is 24.9 Å². The van der Waals surface area contributed by atoms with E-state index in [1.54, 1.807) is 20.4 Å². The standard InChI is InChI=1S/C12H11N5O.C11H13NO2/c1-18-10-6-13-7-14-12(10)15-11-8-4-2-3-5-9(8)16-17-11;1-14-10-6-4-9(5-7-10)12-11(13)8-2-3-8/h2-7H,1H3,(H2,13,14,15,16,17);4-8H,2-3H2,1H3,(H,12,13). The molecule has 0 bridgehead atoms. The number of carbonyl (C=O) groups excluding carboxylic acids is 1. The number of hydrogen-bond donors (Lipinski definition) is 3. The van der Waals surface area contributed by atoms with Crippen LogP contribution in [0.15, 0.2) is 61.1 Å². The maximum absolute atomic E-state index is 11.4. The van der Waals surface area contributed by atoms with Gasteiger partial charge in [0.25, 0.3) is 0 Å². The smallest absolute Gasteiger partial charge is 0.227 e. The van der Waals surface area contributed by atoms with Crippen molar-refractivity contribution in [2.24, 2.45) is 5.92 Å². The van der Waals surface area contributed by atoms with Crippen molar-refractivity contribution in [1.29, 1.82) is 0 Å². The van der Waals surface area contributed by atoms with E-state index in [9.17, 15) is 4.79 Å². The maximum Gasteiger partial charge on any atom is 0.227 e. The number of ether oxygens (including phenoxy) is 2. The van der Waals surface area contributed by atoms with Gasteiger partial charge in [-0.3, -0.25) is 9.89 Å². The van der Waals surface area contributed by atoms with Gasteiger partial charge in [-0.2, -0.15) is 5.10 Å². The molecule has 1 aliphatic rings. The van der Waals surface area contributed by atoms with Crippen LogP contribution in [0.1, 0.15) is 12.8 Å². The van der Waals surface area contributed by atoms with Crippen LogP contribution in [0.4, 0.5) is 17.3 Å². The summed E-state index contributed by atoms with van der Waals surface area (Å²) in [6.45, 7) is 0. The summed E-state index contributed by atoms with van der Waals surface area (Å²) >= 11 is 0. The largest absolute Gasteiger partial charge is 0.497 e. The number of hydrogen-bond acceptors (Lipinski definition) is 7. The van der Waals surface area contributed by atoms with Gasteiger partial charge in [-0.1, -0.05) is 12.1 Å². The first kappa shape index (κ1) is 21.1. The topological polar surface area (TPSA) is 114 Å². The fourth-order valence-electron chi connectivity index (χ4n) is 3.00. The van der Waals surface area contributed by atoms with E-state index in [1.807, 2.05) is 48.5 Å². The van der Waals surface area contributed by atoms with Crippen molar-refractivity contribution >= 4 is 34.1 Å². The summed E-state index contributed by atoms with van der Waals surface area (Å²) in [6.07, 6.45) is 5.12. The predicted molar refractivity (Wildman–Crippen MR) is 122 cm³/mol. The van der Waals surface area contributed by atoms with E-state index in [-0.39, 0.29) is 11.8 Å². The van der Waals surface area contributed by atoms with Crippen LogP contribution in [-0.4, -0.2) is 40.3 Å². The first-order valence-electron chi connectivity index (χ1n) is 10.2. The molecule has 0 unspecified atom stereocenters. The highest BCUT2D eigenvalue weighted by atomic mass is 16.5. The Bertz CT molecular complexity index is 1190. The van der Waals surface area contributed by atoms with E-state index in [2.05, 4.69) is 30.8 Å². The number of nitrogens with zero attached hydrogens (tertiary/aromatic N) is 3. The van der Waals surface area contributed by atoms with E-state index in [0.717, 1.165) is 35.2 Å². The first-order valence-corrected chi connectivity index (χ1v) is 10.2. The van der Waals surface area contributed by atoms with Crippen LogP contribution in [0.25, 0.3) is 10.9 Å². The average molecular weight is 432 g/mol. The number of H-pyrrole nitrogens is 1. The Morgan fingerprint density at radius 1 is 1.03 bits per heavy atom. The molecule has 2 aromatic heterocycles. The molecular weight excluding hydrogens is 408 g/mol. The van der Waals surface area contributed by atoms with Crippen molar-refractivity contribution < 1.29 is 14.3 Å². The quantitative estimate of drug-likeness (QED) is 0.419. The Kier molecular flexibility index (Phi) is 6.45. The van der Waals surface area contributed by atoms with Crippen molar-refractivity contribution in [3.05, 3.63) is 61.1 Å². The highest BCUT2D eigenvalue weighted by Gasteiger charge is 2.29. The van der Waals surface area contributed by atoms with Crippen molar-refractivity contribution in [3.63, 3.8) is 0 Å². The van der Waals surface area contributed by atoms with Gasteiger partial charge in [0.1, 0.15) is 12.1 Å². The number of fused-ring (bicyclic) bond motifs is 1. The molecule has 2 heterocycles. The minimum Gasteiger partial charge on any atom is -0.497 e. The van der Waals surface area contributed by atoms with Crippen LogP contribution < -0.4 is 20.1 Å². The second-order valence-electron chi connectivity index (χ2n) is 7.17. The molecule has 9 heteroatoms. The number of methoxy groups -OCH3 is 2. The van der Waals surface area contributed by atoms with Gasteiger partial charge >= 0.3 is 0 Å². The number of aromatic nitrogens is 4. The minimum atomic E-state index is 0.134. The van der Waals surface area contributed by atoms with Gasteiger partial charge in [0, 0.05) is 17.0 Å². The molecule has 32 heavy (non-hydrogen) atoms. The Balaban J connectivity index is 0.000000158. The van der Waals surface area contributed by atoms with Gasteiger partial charge in [-0.05, 0) is 49.2 Å². The molecule has 2 aromatic carbocycles. The molecule has 0 saturated heterocycles. The zero-order valence-corrected chi connectivity index (χ0v) is 17.8. The highest BCUT2D eigenvalue weighted by molar-refractivity contribution is 5.94. The fourth-order valence-corrected chi connectivity index (χ4v) is 3.00. The summed E-state index contributed by atoms with van der Waals surface area (Å²) in [5.41, 5.74) is 1.80. The van der Waals surface area contributed by atoms with Crippen molar-refractivity contribution in [2.45, 2.75) is 12.8 Å². The molecule has 0 spiro atoms. The van der Waals surface area contributed by atoms with Crippen molar-refractivity contribution in [3.8, 4) is 11.5 Å². The van der Waals surface area contributed by atoms with Gasteiger partial charge < -0.3 is 20.1 Å². The molecule has 164 valence electrons. The molecule has 5 rings (SSSR count). The third kappa shape index (κ3) is 5.12. The molecule has 1 fully saturated rings. The molecule has 1 saturated carbocycles. The Hall–Kier alpha value is -4.14. The number of para-hydroxylation sites is 1. The molecule has 4 aromatic rings. The van der Waals surface area contributed by atoms with Crippen LogP contribution in [0.2, 0.25) is 0 Å². The maximum atomic E-state index is 11.4. The average Bonchev–Trinajstić information content (AvgIpc) is 3.62. The van der Waals surface area contributed by atoms with Crippen LogP contribution in [0.5, 0.6) is 11.5 Å². The Morgan fingerprint density at radius 2 is 1.81 bits per heavy atom. The summed E-state index contributed by atoms with van der Waals surface area (Å²) in [4.78, 5) is 19.4. The third-order valence-corrected chi connectivity index (χ3v) is 4.91. The van der Waals surface area contributed by atoms with Crippen LogP contribution in [-0.2, 0) is 4.79 Å². The number of benzene rings is 2. The number of rotatable bonds is 6. The van der Waals surface area contributed by atoms with E-state index in [0.29, 0.717) is 17.4 Å². The van der Waals surface area contributed by atoms with Crippen LogP contribution in [0.3, 0.4) is 0 Å². The lowest BCUT2D eigenvalue weighted by Crippen LogP contribution is -2.12. The van der Waals surface area contributed by atoms with E-state index in [1.165, 1.54) is 6.33 Å². The SMILES string of the molecule is COc1ccc(NC(=O)C2CC2)cc1.COc1cncnc1Nc1n[nH]c2ccccc12. The monoisotopic (exact) mass is 432 g/mol.